The largest absolute Gasteiger partial charge is 0.498 e. The minimum Gasteiger partial charge on any atom is -0.492 e. The van der Waals surface area contributed by atoms with Gasteiger partial charge in [0.05, 0.1) is 23.4 Å². The third-order valence-electron chi connectivity index (χ3n) is 4.39. The van der Waals surface area contributed by atoms with Crippen molar-refractivity contribution in [2.45, 2.75) is 45.1 Å². The van der Waals surface area contributed by atoms with Gasteiger partial charge in [-0.3, -0.25) is 0 Å². The highest BCUT2D eigenvalue weighted by Crippen LogP contribution is 2.38. The molecule has 0 saturated carbocycles. The van der Waals surface area contributed by atoms with Crippen LogP contribution in [0, 0.1) is 0 Å². The molecule has 1 saturated heterocycles. The lowest BCUT2D eigenvalue weighted by molar-refractivity contribution is -0.137. The Bertz CT molecular complexity index is 571. The molecule has 8 heteroatoms. The molecule has 0 unspecified atom stereocenters. The lowest BCUT2D eigenvalue weighted by Crippen LogP contribution is -2.41. The van der Waals surface area contributed by atoms with Crippen molar-refractivity contribution in [3.05, 3.63) is 23.8 Å². The summed E-state index contributed by atoms with van der Waals surface area (Å²) in [5.41, 5.74) is -1.86. The number of rotatable bonds is 5. The van der Waals surface area contributed by atoms with Crippen LogP contribution in [0.3, 0.4) is 0 Å². The number of alkyl halides is 3. The molecule has 0 amide bonds. The van der Waals surface area contributed by atoms with Crippen LogP contribution in [-0.2, 0) is 20.2 Å². The second kappa shape index (κ2) is 6.57. The summed E-state index contributed by atoms with van der Waals surface area (Å²) in [7, 11) is 0.584. The molecule has 0 bridgehead atoms. The van der Waals surface area contributed by atoms with Crippen LogP contribution in [0.25, 0.3) is 0 Å². The third-order valence-corrected chi connectivity index (χ3v) is 4.39. The lowest BCUT2D eigenvalue weighted by atomic mass is 9.77. The summed E-state index contributed by atoms with van der Waals surface area (Å²) < 4.78 is 61.3. The molecule has 0 aliphatic carbocycles. The quantitative estimate of drug-likeness (QED) is 0.607. The minimum atomic E-state index is -4.45. The molecule has 0 spiro atoms. The van der Waals surface area contributed by atoms with Crippen LogP contribution in [-0.4, -0.2) is 38.6 Å². The van der Waals surface area contributed by atoms with Gasteiger partial charge in [0.15, 0.2) is 0 Å². The van der Waals surface area contributed by atoms with Crippen molar-refractivity contribution in [3.63, 3.8) is 0 Å². The third kappa shape index (κ3) is 3.87. The highest BCUT2D eigenvalue weighted by molar-refractivity contribution is 6.63. The molecular weight excluding hydrogens is 324 g/mol. The van der Waals surface area contributed by atoms with E-state index in [4.69, 9.17) is 18.8 Å². The second-order valence-electron chi connectivity index (χ2n) is 6.68. The van der Waals surface area contributed by atoms with E-state index in [9.17, 15) is 13.2 Å². The van der Waals surface area contributed by atoms with E-state index < -0.39 is 30.1 Å². The summed E-state index contributed by atoms with van der Waals surface area (Å²) in [6.45, 7) is 7.90. The van der Waals surface area contributed by atoms with Crippen molar-refractivity contribution in [1.29, 1.82) is 0 Å². The SMILES string of the molecule is COCCOc1ccc(C(F)(F)F)cc1B1OC(C)(C)C(C)(C)O1. The average molecular weight is 346 g/mol. The van der Waals surface area contributed by atoms with Crippen LogP contribution in [0.1, 0.15) is 33.3 Å². The number of ether oxygens (including phenoxy) is 2. The van der Waals surface area contributed by atoms with Gasteiger partial charge in [0.1, 0.15) is 12.4 Å². The van der Waals surface area contributed by atoms with Crippen LogP contribution >= 0.6 is 0 Å². The smallest absolute Gasteiger partial charge is 0.492 e. The Morgan fingerprint density at radius 2 is 1.62 bits per heavy atom. The first kappa shape index (κ1) is 19.1. The van der Waals surface area contributed by atoms with E-state index >= 15 is 0 Å². The Balaban J connectivity index is 2.37. The molecule has 0 radical (unpaired) electrons. The number of methoxy groups -OCH3 is 1. The first-order valence-electron chi connectivity index (χ1n) is 7.66. The van der Waals surface area contributed by atoms with Gasteiger partial charge < -0.3 is 18.8 Å². The Kier molecular flexibility index (Phi) is 5.23. The monoisotopic (exact) mass is 346 g/mol. The van der Waals surface area contributed by atoms with Gasteiger partial charge in [-0.2, -0.15) is 13.2 Å². The molecule has 0 atom stereocenters. The number of hydrogen-bond donors (Lipinski definition) is 0. The van der Waals surface area contributed by atoms with Crippen molar-refractivity contribution >= 4 is 12.6 Å². The fraction of sp³-hybridized carbons (Fsp3) is 0.625. The van der Waals surface area contributed by atoms with E-state index in [0.717, 1.165) is 12.1 Å². The van der Waals surface area contributed by atoms with Crippen LogP contribution in [0.15, 0.2) is 18.2 Å². The summed E-state index contributed by atoms with van der Waals surface area (Å²) in [6, 6.07) is 3.29. The molecule has 1 heterocycles. The molecule has 0 N–H and O–H groups in total. The molecular formula is C16H22BF3O4. The predicted octanol–water partition coefficient (Wildman–Crippen LogP) is 3.03. The Hall–Kier alpha value is -1.25. The molecule has 134 valence electrons. The number of hydrogen-bond acceptors (Lipinski definition) is 4. The molecule has 0 aromatic heterocycles. The summed E-state index contributed by atoms with van der Waals surface area (Å²) in [5.74, 6) is 0.290. The molecule has 4 nitrogen and oxygen atoms in total. The molecule has 1 aromatic rings. The fourth-order valence-electron chi connectivity index (χ4n) is 2.25. The van der Waals surface area contributed by atoms with Gasteiger partial charge in [0, 0.05) is 12.6 Å². The van der Waals surface area contributed by atoms with E-state index in [1.54, 1.807) is 0 Å². The van der Waals surface area contributed by atoms with Crippen molar-refractivity contribution in [3.8, 4) is 5.75 Å². The van der Waals surface area contributed by atoms with E-state index in [1.807, 2.05) is 27.7 Å². The van der Waals surface area contributed by atoms with Crippen LogP contribution < -0.4 is 10.2 Å². The van der Waals surface area contributed by atoms with E-state index in [2.05, 4.69) is 0 Å². The number of halogens is 3. The van der Waals surface area contributed by atoms with Crippen molar-refractivity contribution in [2.75, 3.05) is 20.3 Å². The lowest BCUT2D eigenvalue weighted by Gasteiger charge is -2.32. The Morgan fingerprint density at radius 1 is 1.04 bits per heavy atom. The zero-order chi connectivity index (χ0) is 18.2. The maximum absolute atomic E-state index is 13.1. The Labute approximate surface area is 140 Å². The van der Waals surface area contributed by atoms with Gasteiger partial charge in [-0.05, 0) is 45.9 Å². The first-order chi connectivity index (χ1) is 11.0. The van der Waals surface area contributed by atoms with Gasteiger partial charge in [0.25, 0.3) is 0 Å². The van der Waals surface area contributed by atoms with Crippen molar-refractivity contribution in [1.82, 2.24) is 0 Å². The summed E-state index contributed by atoms with van der Waals surface area (Å²) in [6.07, 6.45) is -4.45. The zero-order valence-corrected chi connectivity index (χ0v) is 14.5. The van der Waals surface area contributed by atoms with Gasteiger partial charge >= 0.3 is 13.3 Å². The maximum atomic E-state index is 13.1. The average Bonchev–Trinajstić information content (AvgIpc) is 2.66. The standard InChI is InChI=1S/C16H22BF3O4/c1-14(2)15(3,4)24-17(23-14)12-10-11(16(18,19)20)6-7-13(12)22-9-8-21-5/h6-7,10H,8-9H2,1-5H3. The number of benzene rings is 1. The summed E-state index contributed by atoms with van der Waals surface area (Å²) in [4.78, 5) is 0. The molecule has 2 rings (SSSR count). The molecule has 1 aliphatic rings. The molecule has 24 heavy (non-hydrogen) atoms. The minimum absolute atomic E-state index is 0.217. The van der Waals surface area contributed by atoms with Crippen LogP contribution in [0.2, 0.25) is 0 Å². The molecule has 1 aromatic carbocycles. The van der Waals surface area contributed by atoms with Crippen molar-refractivity contribution < 1.29 is 32.0 Å². The topological polar surface area (TPSA) is 36.9 Å². The first-order valence-corrected chi connectivity index (χ1v) is 7.66. The molecule has 1 fully saturated rings. The second-order valence-corrected chi connectivity index (χ2v) is 6.68. The molecule has 1 aliphatic heterocycles. The highest BCUT2D eigenvalue weighted by atomic mass is 19.4. The summed E-state index contributed by atoms with van der Waals surface area (Å²) >= 11 is 0. The van der Waals surface area contributed by atoms with E-state index in [1.165, 1.54) is 13.2 Å². The van der Waals surface area contributed by atoms with Gasteiger partial charge in [0.2, 0.25) is 0 Å². The maximum Gasteiger partial charge on any atom is 0.498 e. The van der Waals surface area contributed by atoms with Crippen molar-refractivity contribution in [2.24, 2.45) is 0 Å². The van der Waals surface area contributed by atoms with E-state index in [0.29, 0.717) is 12.4 Å². The normalized spacial score (nSPS) is 19.6. The van der Waals surface area contributed by atoms with Gasteiger partial charge in [-0.1, -0.05) is 0 Å². The fourth-order valence-corrected chi connectivity index (χ4v) is 2.25. The highest BCUT2D eigenvalue weighted by Gasteiger charge is 2.52. The van der Waals surface area contributed by atoms with Gasteiger partial charge in [-0.25, -0.2) is 0 Å². The van der Waals surface area contributed by atoms with Gasteiger partial charge in [-0.15, -0.1) is 0 Å². The van der Waals surface area contributed by atoms with E-state index in [-0.39, 0.29) is 12.1 Å². The predicted molar refractivity (Wildman–Crippen MR) is 84.5 cm³/mol. The van der Waals surface area contributed by atoms with Crippen LogP contribution in [0.4, 0.5) is 13.2 Å². The van der Waals surface area contributed by atoms with Crippen LogP contribution in [0.5, 0.6) is 5.75 Å². The summed E-state index contributed by atoms with van der Waals surface area (Å²) in [5, 5.41) is 0. The zero-order valence-electron chi connectivity index (χ0n) is 14.5. The Morgan fingerprint density at radius 3 is 2.12 bits per heavy atom.